The second kappa shape index (κ2) is 11.3. The van der Waals surface area contributed by atoms with Gasteiger partial charge in [0.05, 0.1) is 11.3 Å². The molecule has 3 aromatic rings. The molecule has 1 aliphatic heterocycles. The van der Waals surface area contributed by atoms with E-state index in [0.717, 1.165) is 24.1 Å². The largest absolute Gasteiger partial charge is 0.326 e. The van der Waals surface area contributed by atoms with Gasteiger partial charge in [0.15, 0.2) is 0 Å². The molecule has 1 atom stereocenters. The molecule has 1 unspecified atom stereocenters. The Balaban J connectivity index is 1.30. The van der Waals surface area contributed by atoms with Crippen molar-refractivity contribution in [1.29, 1.82) is 0 Å². The lowest BCUT2D eigenvalue weighted by Gasteiger charge is -2.35. The number of carbonyl (C=O) groups is 3. The minimum atomic E-state index is -0.711. The van der Waals surface area contributed by atoms with Gasteiger partial charge in [-0.05, 0) is 80.5 Å². The molecule has 0 radical (unpaired) electrons. The number of nitrogens with one attached hydrogen (secondary N) is 2. The van der Waals surface area contributed by atoms with E-state index in [1.54, 1.807) is 35.5 Å². The van der Waals surface area contributed by atoms with E-state index < -0.39 is 6.04 Å². The van der Waals surface area contributed by atoms with E-state index in [-0.39, 0.29) is 29.6 Å². The first-order valence-electron chi connectivity index (χ1n) is 12.9. The molecule has 3 heterocycles. The van der Waals surface area contributed by atoms with Crippen LogP contribution in [-0.2, 0) is 16.0 Å². The quantitative estimate of drug-likeness (QED) is 0.471. The van der Waals surface area contributed by atoms with Gasteiger partial charge in [-0.2, -0.15) is 0 Å². The number of halogens is 1. The van der Waals surface area contributed by atoms with Crippen LogP contribution in [-0.4, -0.2) is 45.2 Å². The summed E-state index contributed by atoms with van der Waals surface area (Å²) in [6.45, 7) is 2.38. The zero-order chi connectivity index (χ0) is 26.6. The Bertz CT molecular complexity index is 1320. The SMILES string of the molecule is Cc1ccc(NC(=O)C2CCC(CN3C(=O)c4ccc(Cl)cc4NC(=O)C3Cc3ccccn3)CC2)nc1. The number of aryl methyl sites for hydroxylation is 1. The molecule has 0 bridgehead atoms. The normalized spacial score (nSPS) is 21.3. The first-order chi connectivity index (χ1) is 18.4. The van der Waals surface area contributed by atoms with Crippen molar-refractivity contribution in [3.63, 3.8) is 0 Å². The highest BCUT2D eigenvalue weighted by Gasteiger charge is 2.38. The second-order valence-electron chi connectivity index (χ2n) is 10.1. The van der Waals surface area contributed by atoms with Gasteiger partial charge in [-0.1, -0.05) is 23.7 Å². The van der Waals surface area contributed by atoms with E-state index >= 15 is 0 Å². The van der Waals surface area contributed by atoms with E-state index in [4.69, 9.17) is 11.6 Å². The lowest BCUT2D eigenvalue weighted by Crippen LogP contribution is -2.49. The highest BCUT2D eigenvalue weighted by atomic mass is 35.5. The molecule has 8 nitrogen and oxygen atoms in total. The molecule has 0 saturated heterocycles. The van der Waals surface area contributed by atoms with Crippen molar-refractivity contribution in [3.05, 3.63) is 82.8 Å². The number of aromatic nitrogens is 2. The molecule has 5 rings (SSSR count). The first-order valence-corrected chi connectivity index (χ1v) is 13.3. The minimum absolute atomic E-state index is 0.0242. The molecular formula is C29H30ClN5O3. The van der Waals surface area contributed by atoms with Crippen molar-refractivity contribution in [2.24, 2.45) is 11.8 Å². The average molecular weight is 532 g/mol. The van der Waals surface area contributed by atoms with Crippen LogP contribution in [0.2, 0.25) is 5.02 Å². The van der Waals surface area contributed by atoms with Crippen molar-refractivity contribution >= 4 is 40.8 Å². The number of carbonyl (C=O) groups excluding carboxylic acids is 3. The van der Waals surface area contributed by atoms with Crippen LogP contribution in [0.1, 0.15) is 47.3 Å². The zero-order valence-corrected chi connectivity index (χ0v) is 21.9. The van der Waals surface area contributed by atoms with E-state index in [2.05, 4.69) is 20.6 Å². The van der Waals surface area contributed by atoms with Crippen LogP contribution in [0.4, 0.5) is 11.5 Å². The topological polar surface area (TPSA) is 104 Å². The number of anilines is 2. The molecule has 1 aromatic carbocycles. The van der Waals surface area contributed by atoms with Crippen molar-refractivity contribution in [1.82, 2.24) is 14.9 Å². The standard InChI is InChI=1S/C29H30ClN5O3/c1-18-5-12-26(32-16-18)34-27(36)20-8-6-19(7-9-20)17-35-25(15-22-4-2-3-13-31-22)28(37)33-24-14-21(30)10-11-23(24)29(35)38/h2-5,10-14,16,19-20,25H,6-9,15,17H2,1H3,(H,33,37)(H,32,34,36). The van der Waals surface area contributed by atoms with Crippen molar-refractivity contribution in [3.8, 4) is 0 Å². The maximum absolute atomic E-state index is 13.8. The Morgan fingerprint density at radius 3 is 2.61 bits per heavy atom. The van der Waals surface area contributed by atoms with E-state index in [1.807, 2.05) is 37.3 Å². The highest BCUT2D eigenvalue weighted by Crippen LogP contribution is 2.33. The minimum Gasteiger partial charge on any atom is -0.326 e. The molecule has 2 aliphatic rings. The summed E-state index contributed by atoms with van der Waals surface area (Å²) in [5.74, 6) is 0.131. The fraction of sp³-hybridized carbons (Fsp3) is 0.345. The van der Waals surface area contributed by atoms with Crippen LogP contribution in [0.25, 0.3) is 0 Å². The molecule has 2 aromatic heterocycles. The molecule has 1 fully saturated rings. The zero-order valence-electron chi connectivity index (χ0n) is 21.2. The van der Waals surface area contributed by atoms with Gasteiger partial charge in [0.2, 0.25) is 11.8 Å². The highest BCUT2D eigenvalue weighted by molar-refractivity contribution is 6.31. The lowest BCUT2D eigenvalue weighted by molar-refractivity contribution is -0.121. The number of fused-ring (bicyclic) bond motifs is 1. The van der Waals surface area contributed by atoms with E-state index in [9.17, 15) is 14.4 Å². The monoisotopic (exact) mass is 531 g/mol. The Morgan fingerprint density at radius 1 is 1.08 bits per heavy atom. The molecule has 1 aliphatic carbocycles. The Kier molecular flexibility index (Phi) is 7.69. The smallest absolute Gasteiger partial charge is 0.256 e. The molecular weight excluding hydrogens is 502 g/mol. The molecule has 2 N–H and O–H groups in total. The van der Waals surface area contributed by atoms with Gasteiger partial charge in [0, 0.05) is 42.0 Å². The third-order valence-corrected chi connectivity index (χ3v) is 7.61. The Hall–Kier alpha value is -3.78. The summed E-state index contributed by atoms with van der Waals surface area (Å²) in [5, 5.41) is 6.28. The summed E-state index contributed by atoms with van der Waals surface area (Å²) < 4.78 is 0. The second-order valence-corrected chi connectivity index (χ2v) is 10.5. The Labute approximate surface area is 226 Å². The summed E-state index contributed by atoms with van der Waals surface area (Å²) in [7, 11) is 0. The first kappa shape index (κ1) is 25.9. The van der Waals surface area contributed by atoms with Crippen LogP contribution >= 0.6 is 11.6 Å². The third kappa shape index (κ3) is 5.86. The number of nitrogens with zero attached hydrogens (tertiary/aromatic N) is 3. The van der Waals surface area contributed by atoms with Gasteiger partial charge in [-0.3, -0.25) is 19.4 Å². The van der Waals surface area contributed by atoms with Gasteiger partial charge < -0.3 is 15.5 Å². The molecule has 1 saturated carbocycles. The van der Waals surface area contributed by atoms with Crippen LogP contribution in [0, 0.1) is 18.8 Å². The number of hydrogen-bond acceptors (Lipinski definition) is 5. The van der Waals surface area contributed by atoms with Crippen LogP contribution < -0.4 is 10.6 Å². The number of rotatable bonds is 6. The number of pyridine rings is 2. The van der Waals surface area contributed by atoms with Gasteiger partial charge in [-0.15, -0.1) is 0 Å². The van der Waals surface area contributed by atoms with Crippen LogP contribution in [0.15, 0.2) is 60.9 Å². The molecule has 3 amide bonds. The molecule has 196 valence electrons. The van der Waals surface area contributed by atoms with Crippen molar-refractivity contribution in [2.75, 3.05) is 17.2 Å². The third-order valence-electron chi connectivity index (χ3n) is 7.37. The maximum Gasteiger partial charge on any atom is 0.256 e. The van der Waals surface area contributed by atoms with Gasteiger partial charge in [0.1, 0.15) is 11.9 Å². The predicted octanol–water partition coefficient (Wildman–Crippen LogP) is 4.89. The van der Waals surface area contributed by atoms with Crippen molar-refractivity contribution in [2.45, 2.75) is 45.1 Å². The van der Waals surface area contributed by atoms with Gasteiger partial charge >= 0.3 is 0 Å². The molecule has 38 heavy (non-hydrogen) atoms. The fourth-order valence-electron chi connectivity index (χ4n) is 5.25. The Morgan fingerprint density at radius 2 is 1.89 bits per heavy atom. The molecule has 9 heteroatoms. The van der Waals surface area contributed by atoms with Crippen LogP contribution in [0.5, 0.6) is 0 Å². The molecule has 0 spiro atoms. The summed E-state index contributed by atoms with van der Waals surface area (Å²) in [4.78, 5) is 50.3. The number of amides is 3. The predicted molar refractivity (Wildman–Crippen MR) is 146 cm³/mol. The van der Waals surface area contributed by atoms with Crippen molar-refractivity contribution < 1.29 is 14.4 Å². The fourth-order valence-corrected chi connectivity index (χ4v) is 5.42. The summed E-state index contributed by atoms with van der Waals surface area (Å²) >= 11 is 6.16. The van der Waals surface area contributed by atoms with E-state index in [0.29, 0.717) is 47.9 Å². The lowest BCUT2D eigenvalue weighted by atomic mass is 9.81. The van der Waals surface area contributed by atoms with E-state index in [1.165, 1.54) is 0 Å². The van der Waals surface area contributed by atoms with Crippen LogP contribution in [0.3, 0.4) is 0 Å². The van der Waals surface area contributed by atoms with Gasteiger partial charge in [-0.25, -0.2) is 4.98 Å². The summed E-state index contributed by atoms with van der Waals surface area (Å²) in [6, 6.07) is 13.5. The summed E-state index contributed by atoms with van der Waals surface area (Å²) in [6.07, 6.45) is 6.73. The number of benzene rings is 1. The summed E-state index contributed by atoms with van der Waals surface area (Å²) in [5.41, 5.74) is 2.61. The number of hydrogen-bond donors (Lipinski definition) is 2. The average Bonchev–Trinajstić information content (AvgIpc) is 3.00. The van der Waals surface area contributed by atoms with Gasteiger partial charge in [0.25, 0.3) is 5.91 Å². The maximum atomic E-state index is 13.8.